The fraction of sp³-hybridized carbons (Fsp3) is 0. The predicted octanol–water partition coefficient (Wildman–Crippen LogP) is 4.79. The van der Waals surface area contributed by atoms with Crippen molar-refractivity contribution in [1.82, 2.24) is 14.6 Å². The quantitative estimate of drug-likeness (QED) is 0.590. The smallest absolute Gasteiger partial charge is 0.247 e. The van der Waals surface area contributed by atoms with Crippen molar-refractivity contribution >= 4 is 28.9 Å². The van der Waals surface area contributed by atoms with Gasteiger partial charge in [-0.3, -0.25) is 0 Å². The van der Waals surface area contributed by atoms with Gasteiger partial charge in [0.25, 0.3) is 0 Å². The van der Waals surface area contributed by atoms with Crippen LogP contribution in [0.3, 0.4) is 0 Å². The molecule has 4 rings (SSSR count). The van der Waals surface area contributed by atoms with Crippen LogP contribution in [0, 0.1) is 0 Å². The van der Waals surface area contributed by atoms with Crippen LogP contribution in [-0.2, 0) is 0 Å². The molecule has 2 aromatic carbocycles. The summed E-state index contributed by atoms with van der Waals surface area (Å²) in [5.41, 5.74) is 3.75. The molecule has 1 N–H and O–H groups in total. The molecule has 0 unspecified atom stereocenters. The topological polar surface area (TPSA) is 42.2 Å². The van der Waals surface area contributed by atoms with Crippen LogP contribution in [0.15, 0.2) is 72.8 Å². The van der Waals surface area contributed by atoms with Crippen LogP contribution in [0.2, 0.25) is 5.02 Å². The first-order valence-electron chi connectivity index (χ1n) is 7.23. The van der Waals surface area contributed by atoms with Crippen molar-refractivity contribution in [2.24, 2.45) is 0 Å². The van der Waals surface area contributed by atoms with Crippen LogP contribution in [0.4, 0.5) is 11.6 Å². The summed E-state index contributed by atoms with van der Waals surface area (Å²) >= 11 is 5.97. The van der Waals surface area contributed by atoms with Crippen molar-refractivity contribution in [1.29, 1.82) is 0 Å². The number of para-hydroxylation sites is 1. The Balaban J connectivity index is 1.77. The Bertz CT molecular complexity index is 946. The van der Waals surface area contributed by atoms with Crippen molar-refractivity contribution in [3.63, 3.8) is 0 Å². The number of nitrogens with zero attached hydrogens (tertiary/aromatic N) is 3. The number of anilines is 2. The Hall–Kier alpha value is -2.85. The molecule has 2 heterocycles. The molecule has 5 heteroatoms. The Morgan fingerprint density at radius 1 is 0.826 bits per heavy atom. The molecule has 0 atom stereocenters. The van der Waals surface area contributed by atoms with Gasteiger partial charge in [-0.2, -0.15) is 4.98 Å². The molecule has 0 aliphatic carbocycles. The third kappa shape index (κ3) is 2.76. The second-order valence-corrected chi connectivity index (χ2v) is 5.55. The van der Waals surface area contributed by atoms with E-state index in [1.807, 2.05) is 77.3 Å². The molecule has 2 aromatic heterocycles. The van der Waals surface area contributed by atoms with E-state index < -0.39 is 0 Å². The molecular weight excluding hydrogens is 308 g/mol. The lowest BCUT2D eigenvalue weighted by Gasteiger charge is -2.04. The maximum Gasteiger partial charge on any atom is 0.247 e. The monoisotopic (exact) mass is 320 g/mol. The third-order valence-corrected chi connectivity index (χ3v) is 3.78. The molecule has 0 radical (unpaired) electrons. The Morgan fingerprint density at radius 2 is 1.61 bits per heavy atom. The van der Waals surface area contributed by atoms with Gasteiger partial charge in [-0.25, -0.2) is 4.52 Å². The van der Waals surface area contributed by atoms with Gasteiger partial charge < -0.3 is 5.32 Å². The molecule has 0 saturated carbocycles. The number of hydrogen-bond donors (Lipinski definition) is 1. The zero-order chi connectivity index (χ0) is 15.6. The van der Waals surface area contributed by atoms with Crippen molar-refractivity contribution < 1.29 is 0 Å². The maximum absolute atomic E-state index is 5.97. The fourth-order valence-electron chi connectivity index (χ4n) is 2.45. The number of nitrogens with one attached hydrogen (secondary N) is 1. The van der Waals surface area contributed by atoms with Gasteiger partial charge in [-0.05, 0) is 36.4 Å². The lowest BCUT2D eigenvalue weighted by atomic mass is 10.1. The van der Waals surface area contributed by atoms with Gasteiger partial charge in [0.1, 0.15) is 0 Å². The predicted molar refractivity (Wildman–Crippen MR) is 93.2 cm³/mol. The van der Waals surface area contributed by atoms with E-state index in [0.717, 1.165) is 22.6 Å². The molecule has 0 amide bonds. The molecule has 0 spiro atoms. The van der Waals surface area contributed by atoms with Gasteiger partial charge in [0.15, 0.2) is 5.65 Å². The summed E-state index contributed by atoms with van der Waals surface area (Å²) in [6.07, 6.45) is 0. The number of pyridine rings is 1. The van der Waals surface area contributed by atoms with Crippen LogP contribution in [-0.4, -0.2) is 14.6 Å². The summed E-state index contributed by atoms with van der Waals surface area (Å²) in [6.45, 7) is 0. The molecule has 4 nitrogen and oxygen atoms in total. The minimum Gasteiger partial charge on any atom is -0.323 e. The number of aromatic nitrogens is 3. The average Bonchev–Trinajstić information content (AvgIpc) is 2.99. The molecular formula is C18H13ClN4. The van der Waals surface area contributed by atoms with Gasteiger partial charge in [0.2, 0.25) is 5.95 Å². The first-order valence-corrected chi connectivity index (χ1v) is 7.61. The summed E-state index contributed by atoms with van der Waals surface area (Å²) in [6, 6.07) is 23.5. The highest BCUT2D eigenvalue weighted by Gasteiger charge is 2.08. The zero-order valence-electron chi connectivity index (χ0n) is 12.1. The normalized spacial score (nSPS) is 10.8. The number of fused-ring (bicyclic) bond motifs is 1. The summed E-state index contributed by atoms with van der Waals surface area (Å²) < 4.78 is 1.83. The van der Waals surface area contributed by atoms with Crippen molar-refractivity contribution in [3.8, 4) is 11.3 Å². The van der Waals surface area contributed by atoms with E-state index in [0.29, 0.717) is 11.0 Å². The minimum absolute atomic E-state index is 0.567. The second kappa shape index (κ2) is 5.74. The van der Waals surface area contributed by atoms with E-state index in [9.17, 15) is 0 Å². The molecule has 0 saturated heterocycles. The van der Waals surface area contributed by atoms with Gasteiger partial charge >= 0.3 is 0 Å². The molecule has 0 fully saturated rings. The molecule has 23 heavy (non-hydrogen) atoms. The Labute approximate surface area is 138 Å². The van der Waals surface area contributed by atoms with Gasteiger partial charge in [-0.1, -0.05) is 48.0 Å². The van der Waals surface area contributed by atoms with E-state index >= 15 is 0 Å². The number of halogens is 1. The summed E-state index contributed by atoms with van der Waals surface area (Å²) in [7, 11) is 0. The standard InChI is InChI=1S/C18H13ClN4/c19-14-11-9-13(10-12-14)16-7-4-8-17-21-18(22-23(16)17)20-15-5-2-1-3-6-15/h1-12H,(H,20,22). The van der Waals surface area contributed by atoms with E-state index in [4.69, 9.17) is 11.6 Å². The van der Waals surface area contributed by atoms with Crippen molar-refractivity contribution in [2.75, 3.05) is 5.32 Å². The minimum atomic E-state index is 0.567. The summed E-state index contributed by atoms with van der Waals surface area (Å²) in [4.78, 5) is 4.53. The van der Waals surface area contributed by atoms with Crippen LogP contribution >= 0.6 is 11.6 Å². The van der Waals surface area contributed by atoms with E-state index in [1.165, 1.54) is 0 Å². The third-order valence-electron chi connectivity index (χ3n) is 3.53. The highest BCUT2D eigenvalue weighted by atomic mass is 35.5. The van der Waals surface area contributed by atoms with Crippen LogP contribution in [0.1, 0.15) is 0 Å². The number of rotatable bonds is 3. The van der Waals surface area contributed by atoms with Crippen LogP contribution in [0.5, 0.6) is 0 Å². The first-order chi connectivity index (χ1) is 11.3. The highest BCUT2D eigenvalue weighted by molar-refractivity contribution is 6.30. The molecule has 0 aliphatic heterocycles. The van der Waals surface area contributed by atoms with Crippen LogP contribution in [0.25, 0.3) is 16.9 Å². The number of benzene rings is 2. The van der Waals surface area contributed by atoms with Crippen molar-refractivity contribution in [3.05, 3.63) is 77.8 Å². The number of hydrogen-bond acceptors (Lipinski definition) is 3. The summed E-state index contributed by atoms with van der Waals surface area (Å²) in [5, 5.41) is 8.50. The van der Waals surface area contributed by atoms with E-state index in [2.05, 4.69) is 15.4 Å². The average molecular weight is 321 g/mol. The van der Waals surface area contributed by atoms with E-state index in [1.54, 1.807) is 0 Å². The lowest BCUT2D eigenvalue weighted by molar-refractivity contribution is 0.973. The first kappa shape index (κ1) is 13.8. The SMILES string of the molecule is Clc1ccc(-c2cccc3nc(Nc4ccccc4)nn23)cc1. The van der Waals surface area contributed by atoms with Gasteiger partial charge in [0, 0.05) is 16.3 Å². The Morgan fingerprint density at radius 3 is 2.39 bits per heavy atom. The Kier molecular flexibility index (Phi) is 3.44. The van der Waals surface area contributed by atoms with Crippen LogP contribution < -0.4 is 5.32 Å². The molecule has 4 aromatic rings. The van der Waals surface area contributed by atoms with E-state index in [-0.39, 0.29) is 0 Å². The summed E-state index contributed by atoms with van der Waals surface area (Å²) in [5.74, 6) is 0.567. The van der Waals surface area contributed by atoms with Gasteiger partial charge in [-0.15, -0.1) is 5.10 Å². The highest BCUT2D eigenvalue weighted by Crippen LogP contribution is 2.23. The van der Waals surface area contributed by atoms with Crippen molar-refractivity contribution in [2.45, 2.75) is 0 Å². The van der Waals surface area contributed by atoms with Gasteiger partial charge in [0.05, 0.1) is 5.69 Å². The lowest BCUT2D eigenvalue weighted by Crippen LogP contribution is -1.95. The molecule has 0 aliphatic rings. The molecule has 0 bridgehead atoms. The molecule has 112 valence electrons. The zero-order valence-corrected chi connectivity index (χ0v) is 12.9. The largest absolute Gasteiger partial charge is 0.323 e. The maximum atomic E-state index is 5.97. The fourth-order valence-corrected chi connectivity index (χ4v) is 2.57. The second-order valence-electron chi connectivity index (χ2n) is 5.11.